The molecule has 0 bridgehead atoms. The van der Waals surface area contributed by atoms with Crippen molar-refractivity contribution in [3.05, 3.63) is 59.7 Å². The largest absolute Gasteiger partial charge is 0.493 e. The van der Waals surface area contributed by atoms with Gasteiger partial charge in [-0.25, -0.2) is 0 Å². The number of rotatable bonds is 4. The highest BCUT2D eigenvalue weighted by Gasteiger charge is 2.23. The van der Waals surface area contributed by atoms with Crippen LogP contribution in [0.3, 0.4) is 0 Å². The van der Waals surface area contributed by atoms with E-state index in [1.165, 1.54) is 0 Å². The van der Waals surface area contributed by atoms with Gasteiger partial charge in [0.15, 0.2) is 0 Å². The SMILES string of the molecule is O=C(Cc1ccc(N2CCCC2=O)cc1)N[C@@H]1CCOc2ccccc21. The Morgan fingerprint density at radius 3 is 2.73 bits per heavy atom. The molecule has 0 saturated carbocycles. The zero-order chi connectivity index (χ0) is 17.9. The van der Waals surface area contributed by atoms with Gasteiger partial charge in [0, 0.05) is 30.6 Å². The highest BCUT2D eigenvalue weighted by molar-refractivity contribution is 5.95. The van der Waals surface area contributed by atoms with Crippen molar-refractivity contribution in [1.82, 2.24) is 5.32 Å². The van der Waals surface area contributed by atoms with Crippen LogP contribution in [0.2, 0.25) is 0 Å². The fourth-order valence-electron chi connectivity index (χ4n) is 3.64. The van der Waals surface area contributed by atoms with Crippen LogP contribution in [0.1, 0.15) is 36.4 Å². The molecule has 0 aliphatic carbocycles. The highest BCUT2D eigenvalue weighted by Crippen LogP contribution is 2.31. The lowest BCUT2D eigenvalue weighted by atomic mass is 10.00. The van der Waals surface area contributed by atoms with Crippen molar-refractivity contribution in [2.75, 3.05) is 18.1 Å². The number of nitrogens with zero attached hydrogens (tertiary/aromatic N) is 1. The van der Waals surface area contributed by atoms with E-state index in [0.29, 0.717) is 19.4 Å². The first-order chi connectivity index (χ1) is 12.7. The molecule has 2 aliphatic heterocycles. The monoisotopic (exact) mass is 350 g/mol. The number of fused-ring (bicyclic) bond motifs is 1. The van der Waals surface area contributed by atoms with Gasteiger partial charge in [0.2, 0.25) is 11.8 Å². The van der Waals surface area contributed by atoms with Gasteiger partial charge in [-0.15, -0.1) is 0 Å². The molecule has 1 fully saturated rings. The molecular weight excluding hydrogens is 328 g/mol. The molecule has 5 nitrogen and oxygen atoms in total. The van der Waals surface area contributed by atoms with Crippen molar-refractivity contribution in [3.8, 4) is 5.75 Å². The molecule has 2 aromatic rings. The average molecular weight is 350 g/mol. The summed E-state index contributed by atoms with van der Waals surface area (Å²) in [6.45, 7) is 1.39. The number of para-hydroxylation sites is 1. The van der Waals surface area contributed by atoms with Gasteiger partial charge in [-0.2, -0.15) is 0 Å². The summed E-state index contributed by atoms with van der Waals surface area (Å²) in [5, 5.41) is 3.12. The third-order valence-corrected chi connectivity index (χ3v) is 4.98. The fourth-order valence-corrected chi connectivity index (χ4v) is 3.64. The maximum absolute atomic E-state index is 12.5. The lowest BCUT2D eigenvalue weighted by molar-refractivity contribution is -0.121. The molecule has 4 rings (SSSR count). The summed E-state index contributed by atoms with van der Waals surface area (Å²) in [5.41, 5.74) is 2.89. The number of ether oxygens (including phenoxy) is 1. The second kappa shape index (κ2) is 7.20. The Morgan fingerprint density at radius 2 is 1.96 bits per heavy atom. The number of carbonyl (C=O) groups is 2. The number of nitrogens with one attached hydrogen (secondary N) is 1. The quantitative estimate of drug-likeness (QED) is 0.922. The van der Waals surface area contributed by atoms with Crippen LogP contribution in [-0.2, 0) is 16.0 Å². The van der Waals surface area contributed by atoms with Crippen LogP contribution in [-0.4, -0.2) is 25.0 Å². The molecule has 0 aromatic heterocycles. The third kappa shape index (κ3) is 3.43. The Hall–Kier alpha value is -2.82. The molecule has 134 valence electrons. The average Bonchev–Trinajstić information content (AvgIpc) is 3.09. The summed E-state index contributed by atoms with van der Waals surface area (Å²) in [5.74, 6) is 1.02. The Morgan fingerprint density at radius 1 is 1.15 bits per heavy atom. The molecule has 2 heterocycles. The van der Waals surface area contributed by atoms with Crippen LogP contribution < -0.4 is 15.0 Å². The summed E-state index contributed by atoms with van der Waals surface area (Å²) >= 11 is 0. The Balaban J connectivity index is 1.39. The number of anilines is 1. The van der Waals surface area contributed by atoms with E-state index < -0.39 is 0 Å². The molecule has 5 heteroatoms. The van der Waals surface area contributed by atoms with Crippen LogP contribution >= 0.6 is 0 Å². The van der Waals surface area contributed by atoms with Crippen LogP contribution in [0.25, 0.3) is 0 Å². The number of carbonyl (C=O) groups excluding carboxylic acids is 2. The molecule has 1 N–H and O–H groups in total. The van der Waals surface area contributed by atoms with E-state index in [2.05, 4.69) is 5.32 Å². The summed E-state index contributed by atoms with van der Waals surface area (Å²) in [6, 6.07) is 15.5. The predicted octanol–water partition coefficient (Wildman–Crippen LogP) is 3.00. The van der Waals surface area contributed by atoms with Crippen LogP contribution in [0.4, 0.5) is 5.69 Å². The zero-order valence-electron chi connectivity index (χ0n) is 14.6. The van der Waals surface area contributed by atoms with E-state index in [4.69, 9.17) is 4.74 Å². The number of amides is 2. The minimum atomic E-state index is -0.00561. The van der Waals surface area contributed by atoms with Gasteiger partial charge in [-0.05, 0) is 30.2 Å². The number of benzene rings is 2. The van der Waals surface area contributed by atoms with Crippen molar-refractivity contribution in [3.63, 3.8) is 0 Å². The summed E-state index contributed by atoms with van der Waals surface area (Å²) in [6.07, 6.45) is 2.64. The van der Waals surface area contributed by atoms with Gasteiger partial charge < -0.3 is 15.0 Å². The first kappa shape index (κ1) is 16.6. The lowest BCUT2D eigenvalue weighted by Gasteiger charge is -2.26. The molecule has 2 aliphatic rings. The topological polar surface area (TPSA) is 58.6 Å². The van der Waals surface area contributed by atoms with E-state index in [1.54, 1.807) is 0 Å². The van der Waals surface area contributed by atoms with Gasteiger partial charge in [-0.3, -0.25) is 9.59 Å². The van der Waals surface area contributed by atoms with Crippen LogP contribution in [0.5, 0.6) is 5.75 Å². The predicted molar refractivity (Wildman–Crippen MR) is 99.2 cm³/mol. The second-order valence-electron chi connectivity index (χ2n) is 6.79. The smallest absolute Gasteiger partial charge is 0.227 e. The van der Waals surface area contributed by atoms with Crippen LogP contribution in [0.15, 0.2) is 48.5 Å². The summed E-state index contributed by atoms with van der Waals surface area (Å²) in [7, 11) is 0. The molecule has 0 radical (unpaired) electrons. The second-order valence-corrected chi connectivity index (χ2v) is 6.79. The van der Waals surface area contributed by atoms with Crippen molar-refractivity contribution in [2.45, 2.75) is 31.7 Å². The zero-order valence-corrected chi connectivity index (χ0v) is 14.6. The number of hydrogen-bond acceptors (Lipinski definition) is 3. The molecular formula is C21H22N2O3. The van der Waals surface area contributed by atoms with Gasteiger partial charge >= 0.3 is 0 Å². The van der Waals surface area contributed by atoms with E-state index >= 15 is 0 Å². The summed E-state index contributed by atoms with van der Waals surface area (Å²) in [4.78, 5) is 26.1. The van der Waals surface area contributed by atoms with Crippen molar-refractivity contribution in [2.24, 2.45) is 0 Å². The minimum Gasteiger partial charge on any atom is -0.493 e. The fraction of sp³-hybridized carbons (Fsp3) is 0.333. The molecule has 2 aromatic carbocycles. The van der Waals surface area contributed by atoms with Crippen molar-refractivity contribution in [1.29, 1.82) is 0 Å². The first-order valence-corrected chi connectivity index (χ1v) is 9.11. The maximum atomic E-state index is 12.5. The Labute approximate surface area is 153 Å². The minimum absolute atomic E-state index is 0.00305. The Kier molecular flexibility index (Phi) is 4.61. The molecule has 1 atom stereocenters. The molecule has 0 unspecified atom stereocenters. The normalized spacial score (nSPS) is 19.0. The molecule has 0 spiro atoms. The first-order valence-electron chi connectivity index (χ1n) is 9.11. The summed E-state index contributed by atoms with van der Waals surface area (Å²) < 4.78 is 5.64. The van der Waals surface area contributed by atoms with E-state index in [1.807, 2.05) is 53.4 Å². The van der Waals surface area contributed by atoms with Gasteiger partial charge in [-0.1, -0.05) is 30.3 Å². The van der Waals surface area contributed by atoms with Gasteiger partial charge in [0.1, 0.15) is 5.75 Å². The molecule has 1 saturated heterocycles. The lowest BCUT2D eigenvalue weighted by Crippen LogP contribution is -2.33. The van der Waals surface area contributed by atoms with Crippen molar-refractivity contribution >= 4 is 17.5 Å². The van der Waals surface area contributed by atoms with Crippen molar-refractivity contribution < 1.29 is 14.3 Å². The van der Waals surface area contributed by atoms with E-state index in [-0.39, 0.29) is 17.9 Å². The van der Waals surface area contributed by atoms with Crippen LogP contribution in [0, 0.1) is 0 Å². The third-order valence-electron chi connectivity index (χ3n) is 4.98. The molecule has 2 amide bonds. The maximum Gasteiger partial charge on any atom is 0.227 e. The van der Waals surface area contributed by atoms with E-state index in [9.17, 15) is 9.59 Å². The molecule has 26 heavy (non-hydrogen) atoms. The van der Waals surface area contributed by atoms with Gasteiger partial charge in [0.05, 0.1) is 19.1 Å². The standard InChI is InChI=1S/C21H22N2O3/c24-20(22-18-11-13-26-19-5-2-1-4-17(18)19)14-15-7-9-16(10-8-15)23-12-3-6-21(23)25/h1-2,4-5,7-10,18H,3,6,11-14H2,(H,22,24)/t18-/m1/s1. The Bertz CT molecular complexity index is 816. The van der Waals surface area contributed by atoms with E-state index in [0.717, 1.165) is 42.0 Å². The highest BCUT2D eigenvalue weighted by atomic mass is 16.5. The van der Waals surface area contributed by atoms with Gasteiger partial charge in [0.25, 0.3) is 0 Å². The number of hydrogen-bond donors (Lipinski definition) is 1.